The number of carbonyl (C=O) groups is 1. The van der Waals surface area contributed by atoms with Crippen LogP contribution in [0.4, 0.5) is 5.69 Å². The Labute approximate surface area is 182 Å². The Morgan fingerprint density at radius 2 is 1.97 bits per heavy atom. The summed E-state index contributed by atoms with van der Waals surface area (Å²) < 4.78 is 0. The van der Waals surface area contributed by atoms with Gasteiger partial charge in [-0.1, -0.05) is 30.3 Å². The average Bonchev–Trinajstić information content (AvgIpc) is 2.75. The van der Waals surface area contributed by atoms with Crippen LogP contribution in [0.15, 0.2) is 47.1 Å². The van der Waals surface area contributed by atoms with E-state index in [0.717, 1.165) is 54.4 Å². The molecule has 1 aromatic rings. The summed E-state index contributed by atoms with van der Waals surface area (Å²) in [4.78, 5) is 20.9. The van der Waals surface area contributed by atoms with Gasteiger partial charge in [-0.15, -0.1) is 0 Å². The van der Waals surface area contributed by atoms with E-state index in [-0.39, 0.29) is 0 Å². The van der Waals surface area contributed by atoms with Crippen molar-refractivity contribution in [1.29, 1.82) is 0 Å². The van der Waals surface area contributed by atoms with Crippen molar-refractivity contribution in [3.63, 3.8) is 0 Å². The van der Waals surface area contributed by atoms with Crippen LogP contribution in [0, 0.1) is 0 Å². The molecule has 30 heavy (non-hydrogen) atoms. The number of hydrogen-bond donors (Lipinski definition) is 2. The van der Waals surface area contributed by atoms with Crippen molar-refractivity contribution in [1.82, 2.24) is 15.1 Å². The number of rotatable bonds is 4. The van der Waals surface area contributed by atoms with Crippen molar-refractivity contribution in [2.24, 2.45) is 4.99 Å². The molecular weight excluding hydrogens is 400 g/mol. The molecule has 4 rings (SSSR count). The average molecular weight is 427 g/mol. The maximum Gasteiger partial charge on any atom is 0.337 e. The zero-order chi connectivity index (χ0) is 21.3. The summed E-state index contributed by atoms with van der Waals surface area (Å²) in [6, 6.07) is 3.80. The lowest BCUT2D eigenvalue weighted by molar-refractivity contribution is -0.132. The molecule has 0 amide bonds. The number of nitrogens with zero attached hydrogens (tertiary/aromatic N) is 3. The number of hydrogen-bond acceptors (Lipinski definition) is 5. The van der Waals surface area contributed by atoms with E-state index < -0.39 is 5.97 Å². The molecule has 7 heteroatoms. The quantitative estimate of drug-likeness (QED) is 0.741. The summed E-state index contributed by atoms with van der Waals surface area (Å²) in [5, 5.41) is 13.4. The summed E-state index contributed by atoms with van der Waals surface area (Å²) in [6.45, 7) is 6.71. The van der Waals surface area contributed by atoms with E-state index in [0.29, 0.717) is 22.8 Å². The molecule has 0 unspecified atom stereocenters. The second-order valence-electron chi connectivity index (χ2n) is 7.90. The van der Waals surface area contributed by atoms with Crippen LogP contribution < -0.4 is 5.32 Å². The molecule has 0 radical (unpaired) electrons. The number of nitrogens with one attached hydrogen (secondary N) is 1. The Kier molecular flexibility index (Phi) is 5.86. The number of carboxylic acids is 1. The Morgan fingerprint density at radius 3 is 2.70 bits per heavy atom. The second kappa shape index (κ2) is 8.56. The highest BCUT2D eigenvalue weighted by Gasteiger charge is 2.28. The number of piperidine rings is 1. The molecule has 2 N–H and O–H groups in total. The predicted molar refractivity (Wildman–Crippen MR) is 121 cm³/mol. The zero-order valence-corrected chi connectivity index (χ0v) is 18.0. The molecule has 0 aromatic heterocycles. The van der Waals surface area contributed by atoms with Gasteiger partial charge in [0.15, 0.2) is 0 Å². The maximum atomic E-state index is 11.5. The molecular formula is C23H27ClN4O2. The van der Waals surface area contributed by atoms with Gasteiger partial charge < -0.3 is 20.2 Å². The molecule has 1 fully saturated rings. The number of benzene rings is 1. The molecule has 6 nitrogen and oxygen atoms in total. The Bertz CT molecular complexity index is 974. The van der Waals surface area contributed by atoms with E-state index in [1.807, 2.05) is 30.2 Å². The van der Waals surface area contributed by atoms with E-state index in [9.17, 15) is 9.90 Å². The summed E-state index contributed by atoms with van der Waals surface area (Å²) >= 11 is 6.41. The van der Waals surface area contributed by atoms with Crippen molar-refractivity contribution in [2.75, 3.05) is 20.1 Å². The maximum absolute atomic E-state index is 11.5. The van der Waals surface area contributed by atoms with Crippen molar-refractivity contribution in [2.45, 2.75) is 38.6 Å². The van der Waals surface area contributed by atoms with Crippen LogP contribution in [0.3, 0.4) is 0 Å². The van der Waals surface area contributed by atoms with Gasteiger partial charge in [-0.3, -0.25) is 0 Å². The van der Waals surface area contributed by atoms with Gasteiger partial charge in [-0.2, -0.15) is 0 Å². The number of aliphatic carboxylic acids is 1. The Morgan fingerprint density at radius 1 is 1.23 bits per heavy atom. The first-order chi connectivity index (χ1) is 14.5. The van der Waals surface area contributed by atoms with E-state index in [1.165, 1.54) is 19.3 Å². The number of carboxylic acid groups (broad SMARTS) is 1. The lowest BCUT2D eigenvalue weighted by atomic mass is 10.0. The normalized spacial score (nSPS) is 19.0. The fourth-order valence-corrected chi connectivity index (χ4v) is 4.47. The van der Waals surface area contributed by atoms with Crippen LogP contribution in [0.25, 0.3) is 5.70 Å². The second-order valence-corrected chi connectivity index (χ2v) is 8.33. The van der Waals surface area contributed by atoms with E-state index in [4.69, 9.17) is 16.6 Å². The van der Waals surface area contributed by atoms with Gasteiger partial charge in [0, 0.05) is 48.7 Å². The van der Waals surface area contributed by atoms with Crippen molar-refractivity contribution < 1.29 is 9.90 Å². The van der Waals surface area contributed by atoms with Crippen LogP contribution in [0.2, 0.25) is 5.02 Å². The molecule has 0 spiro atoms. The largest absolute Gasteiger partial charge is 0.478 e. The van der Waals surface area contributed by atoms with E-state index in [2.05, 4.69) is 16.8 Å². The lowest BCUT2D eigenvalue weighted by Gasteiger charge is -2.38. The fourth-order valence-electron chi connectivity index (χ4n) is 4.23. The highest BCUT2D eigenvalue weighted by atomic mass is 35.5. The smallest absolute Gasteiger partial charge is 0.337 e. The Hall–Kier alpha value is -2.73. The third-order valence-electron chi connectivity index (χ3n) is 5.87. The van der Waals surface area contributed by atoms with Gasteiger partial charge >= 0.3 is 5.97 Å². The van der Waals surface area contributed by atoms with Gasteiger partial charge in [0.1, 0.15) is 0 Å². The number of guanidine groups is 1. The summed E-state index contributed by atoms with van der Waals surface area (Å²) in [7, 11) is 1.99. The van der Waals surface area contributed by atoms with Gasteiger partial charge in [0.25, 0.3) is 0 Å². The molecule has 2 aliphatic heterocycles. The van der Waals surface area contributed by atoms with Gasteiger partial charge in [0.2, 0.25) is 5.96 Å². The highest BCUT2D eigenvalue weighted by molar-refractivity contribution is 6.31. The van der Waals surface area contributed by atoms with Gasteiger partial charge in [-0.05, 0) is 49.8 Å². The van der Waals surface area contributed by atoms with Crippen LogP contribution in [0.5, 0.6) is 0 Å². The first kappa shape index (κ1) is 20.5. The first-order valence-electron chi connectivity index (χ1n) is 10.4. The van der Waals surface area contributed by atoms with Crippen LogP contribution in [-0.4, -0.2) is 47.0 Å². The third kappa shape index (κ3) is 3.97. The lowest BCUT2D eigenvalue weighted by Crippen LogP contribution is -2.45. The van der Waals surface area contributed by atoms with Gasteiger partial charge in [0.05, 0.1) is 11.3 Å². The summed E-state index contributed by atoms with van der Waals surface area (Å²) in [6.07, 6.45) is 8.86. The number of halogens is 1. The minimum atomic E-state index is -0.915. The van der Waals surface area contributed by atoms with Crippen LogP contribution >= 0.6 is 11.6 Å². The standard InChI is InChI=1S/C23H27ClN4O2/c1-15-19-13-17(24)12-16(14-25-20-9-5-4-8-18(20)22(29)30)21(19)26-23(27(15)2)28-10-6-3-7-11-28/h8-9,12-13,25H,1,3-7,10-11,14H2,2H3,(H,29,30). The monoisotopic (exact) mass is 426 g/mol. The van der Waals surface area contributed by atoms with E-state index in [1.54, 1.807) is 6.08 Å². The van der Waals surface area contributed by atoms with Crippen molar-refractivity contribution in [3.8, 4) is 0 Å². The van der Waals surface area contributed by atoms with Crippen molar-refractivity contribution in [3.05, 3.63) is 58.3 Å². The molecule has 0 bridgehead atoms. The molecule has 0 atom stereocenters. The zero-order valence-electron chi connectivity index (χ0n) is 17.2. The summed E-state index contributed by atoms with van der Waals surface area (Å²) in [5.41, 5.74) is 4.53. The minimum absolute atomic E-state index is 0.318. The van der Waals surface area contributed by atoms with Crippen LogP contribution in [0.1, 0.15) is 43.2 Å². The number of allylic oxidation sites excluding steroid dienone is 2. The number of aliphatic imine (C=N–C) groups is 1. The molecule has 2 heterocycles. The topological polar surface area (TPSA) is 68.2 Å². The summed E-state index contributed by atoms with van der Waals surface area (Å²) in [5.74, 6) is 0.000700. The predicted octanol–water partition coefficient (Wildman–Crippen LogP) is 4.51. The highest BCUT2D eigenvalue weighted by Crippen LogP contribution is 2.38. The fraction of sp³-hybridized carbons (Fsp3) is 0.391. The van der Waals surface area contributed by atoms with Gasteiger partial charge in [-0.25, -0.2) is 9.79 Å². The van der Waals surface area contributed by atoms with E-state index >= 15 is 0 Å². The molecule has 0 saturated carbocycles. The molecule has 1 saturated heterocycles. The van der Waals surface area contributed by atoms with Crippen LogP contribution in [-0.2, 0) is 11.3 Å². The third-order valence-corrected chi connectivity index (χ3v) is 6.09. The van der Waals surface area contributed by atoms with Crippen molar-refractivity contribution >= 4 is 34.9 Å². The first-order valence-corrected chi connectivity index (χ1v) is 10.8. The minimum Gasteiger partial charge on any atom is -0.478 e. The molecule has 3 aliphatic rings. The number of likely N-dealkylation sites (tertiary alicyclic amines) is 1. The Balaban J connectivity index is 1.66. The molecule has 1 aromatic carbocycles. The molecule has 158 valence electrons. The number of fused-ring (bicyclic) bond motifs is 1. The SMILES string of the molecule is C=C1c2cc(Cl)cc(CNC3=CCCC=C3C(=O)O)c2N=C(N2CCCCC2)N1C. The molecule has 1 aliphatic carbocycles.